The van der Waals surface area contributed by atoms with E-state index in [1.165, 1.54) is 21.9 Å². The third-order valence-corrected chi connectivity index (χ3v) is 9.66. The minimum atomic E-state index is 0.851. The van der Waals surface area contributed by atoms with Crippen LogP contribution in [0.1, 0.15) is 0 Å². The predicted octanol–water partition coefficient (Wildman–Crippen LogP) is 13.4. The van der Waals surface area contributed by atoms with Crippen LogP contribution in [0.5, 0.6) is 0 Å². The highest BCUT2D eigenvalue weighted by atomic mass is 16.3. The summed E-state index contributed by atoms with van der Waals surface area (Å²) in [6.07, 6.45) is 0. The summed E-state index contributed by atoms with van der Waals surface area (Å²) in [5.74, 6) is 0. The van der Waals surface area contributed by atoms with Gasteiger partial charge in [-0.15, -0.1) is 0 Å². The quantitative estimate of drug-likeness (QED) is 0.190. The minimum absolute atomic E-state index is 0.851. The predicted molar refractivity (Wildman–Crippen MR) is 204 cm³/mol. The zero-order chi connectivity index (χ0) is 32.3. The number of para-hydroxylation sites is 3. The average Bonchev–Trinajstić information content (AvgIpc) is 3.72. The molecule has 0 N–H and O–H groups in total. The first kappa shape index (κ1) is 27.5. The SMILES string of the molecule is c1cc(-c2ccccc2N(c2ccc3c(c2)oc2ccccc23)c2ccc3c(c2)oc2ccccc23)cc(-c2cccc3ccccc23)c1. The maximum atomic E-state index is 6.39. The minimum Gasteiger partial charge on any atom is -0.456 e. The van der Waals surface area contributed by atoms with Gasteiger partial charge < -0.3 is 13.7 Å². The van der Waals surface area contributed by atoms with Gasteiger partial charge in [0, 0.05) is 50.6 Å². The smallest absolute Gasteiger partial charge is 0.137 e. The summed E-state index contributed by atoms with van der Waals surface area (Å²) in [4.78, 5) is 2.32. The second-order valence-corrected chi connectivity index (χ2v) is 12.5. The summed E-state index contributed by atoms with van der Waals surface area (Å²) in [5.41, 5.74) is 11.2. The van der Waals surface area contributed by atoms with Crippen LogP contribution in [0, 0.1) is 0 Å². The molecule has 0 aliphatic heterocycles. The Labute approximate surface area is 282 Å². The van der Waals surface area contributed by atoms with Crippen molar-refractivity contribution in [3.63, 3.8) is 0 Å². The van der Waals surface area contributed by atoms with Crippen LogP contribution in [0.4, 0.5) is 17.1 Å². The highest BCUT2D eigenvalue weighted by Gasteiger charge is 2.20. The van der Waals surface area contributed by atoms with Gasteiger partial charge in [-0.2, -0.15) is 0 Å². The third-order valence-electron chi connectivity index (χ3n) is 9.66. The standard InChI is InChI=1S/C46H29NO2/c1-2-15-35-30(11-1)12-10-19-36(35)31-13-9-14-32(27-31)37-16-3-6-20-42(37)47(33-23-25-40-38-17-4-7-21-43(38)48-45(40)28-33)34-24-26-41-39-18-5-8-22-44(39)49-46(41)29-34/h1-29H. The number of fused-ring (bicyclic) bond motifs is 7. The van der Waals surface area contributed by atoms with Gasteiger partial charge in [0.1, 0.15) is 22.3 Å². The van der Waals surface area contributed by atoms with Gasteiger partial charge in [-0.25, -0.2) is 0 Å². The largest absolute Gasteiger partial charge is 0.456 e. The Morgan fingerprint density at radius 2 is 0.816 bits per heavy atom. The van der Waals surface area contributed by atoms with E-state index in [9.17, 15) is 0 Å². The van der Waals surface area contributed by atoms with Crippen LogP contribution in [0.2, 0.25) is 0 Å². The maximum absolute atomic E-state index is 6.39. The molecule has 0 atom stereocenters. The highest BCUT2D eigenvalue weighted by molar-refractivity contribution is 6.08. The van der Waals surface area contributed by atoms with Crippen molar-refractivity contribution in [3.05, 3.63) is 176 Å². The number of rotatable bonds is 5. The van der Waals surface area contributed by atoms with Crippen molar-refractivity contribution < 1.29 is 8.83 Å². The molecule has 2 aromatic heterocycles. The lowest BCUT2D eigenvalue weighted by atomic mass is 9.94. The van der Waals surface area contributed by atoms with Crippen molar-refractivity contribution in [3.8, 4) is 22.3 Å². The Morgan fingerprint density at radius 3 is 1.51 bits per heavy atom. The Morgan fingerprint density at radius 1 is 0.327 bits per heavy atom. The van der Waals surface area contributed by atoms with Gasteiger partial charge in [0.2, 0.25) is 0 Å². The molecule has 0 fully saturated rings. The number of benzene rings is 8. The van der Waals surface area contributed by atoms with Crippen LogP contribution >= 0.6 is 0 Å². The zero-order valence-corrected chi connectivity index (χ0v) is 26.5. The van der Waals surface area contributed by atoms with Crippen LogP contribution < -0.4 is 4.90 Å². The summed E-state index contributed by atoms with van der Waals surface area (Å²) in [7, 11) is 0. The summed E-state index contributed by atoms with van der Waals surface area (Å²) < 4.78 is 12.8. The first-order chi connectivity index (χ1) is 24.3. The second-order valence-electron chi connectivity index (χ2n) is 12.5. The molecule has 0 bridgehead atoms. The fourth-order valence-corrected chi connectivity index (χ4v) is 7.38. The molecule has 0 amide bonds. The van der Waals surface area contributed by atoms with Gasteiger partial charge in [0.05, 0.1) is 5.69 Å². The lowest BCUT2D eigenvalue weighted by Gasteiger charge is -2.28. The number of hydrogen-bond acceptors (Lipinski definition) is 3. The fourth-order valence-electron chi connectivity index (χ4n) is 7.38. The van der Waals surface area contributed by atoms with Crippen LogP contribution in [0.3, 0.4) is 0 Å². The summed E-state index contributed by atoms with van der Waals surface area (Å²) >= 11 is 0. The summed E-state index contributed by atoms with van der Waals surface area (Å²) in [5, 5.41) is 6.91. The monoisotopic (exact) mass is 627 g/mol. The van der Waals surface area contributed by atoms with Crippen LogP contribution in [0.15, 0.2) is 185 Å². The van der Waals surface area contributed by atoms with Crippen molar-refractivity contribution in [2.45, 2.75) is 0 Å². The second kappa shape index (κ2) is 11.0. The maximum Gasteiger partial charge on any atom is 0.137 e. The van der Waals surface area contributed by atoms with E-state index in [-0.39, 0.29) is 0 Å². The van der Waals surface area contributed by atoms with Gasteiger partial charge in [0.25, 0.3) is 0 Å². The molecule has 0 aliphatic rings. The van der Waals surface area contributed by atoms with Gasteiger partial charge in [-0.3, -0.25) is 0 Å². The molecule has 2 heterocycles. The van der Waals surface area contributed by atoms with Crippen LogP contribution in [0.25, 0.3) is 76.9 Å². The van der Waals surface area contributed by atoms with E-state index in [0.717, 1.165) is 72.1 Å². The van der Waals surface area contributed by atoms with Crippen LogP contribution in [-0.4, -0.2) is 0 Å². The molecule has 230 valence electrons. The summed E-state index contributed by atoms with van der Waals surface area (Å²) in [6, 6.07) is 62.1. The van der Waals surface area contributed by atoms with Crippen molar-refractivity contribution in [2.75, 3.05) is 4.90 Å². The van der Waals surface area contributed by atoms with E-state index in [0.29, 0.717) is 0 Å². The molecule has 0 unspecified atom stereocenters. The van der Waals surface area contributed by atoms with Crippen molar-refractivity contribution in [2.24, 2.45) is 0 Å². The van der Waals surface area contributed by atoms with E-state index >= 15 is 0 Å². The van der Waals surface area contributed by atoms with E-state index < -0.39 is 0 Å². The normalized spacial score (nSPS) is 11.7. The molecule has 10 aromatic rings. The van der Waals surface area contributed by atoms with Gasteiger partial charge in [-0.05, 0) is 76.0 Å². The Hall–Kier alpha value is -6.58. The molecule has 0 radical (unpaired) electrons. The zero-order valence-electron chi connectivity index (χ0n) is 26.5. The lowest BCUT2D eigenvalue weighted by molar-refractivity contribution is 0.669. The topological polar surface area (TPSA) is 29.5 Å². The first-order valence-electron chi connectivity index (χ1n) is 16.6. The van der Waals surface area contributed by atoms with E-state index in [1.54, 1.807) is 0 Å². The molecule has 10 rings (SSSR count). The fraction of sp³-hybridized carbons (Fsp3) is 0. The van der Waals surface area contributed by atoms with E-state index in [2.05, 4.69) is 157 Å². The van der Waals surface area contributed by atoms with Gasteiger partial charge >= 0.3 is 0 Å². The number of anilines is 3. The van der Waals surface area contributed by atoms with Gasteiger partial charge in [-0.1, -0.05) is 115 Å². The van der Waals surface area contributed by atoms with E-state index in [4.69, 9.17) is 8.83 Å². The third kappa shape index (κ3) is 4.51. The molecule has 3 heteroatoms. The highest BCUT2D eigenvalue weighted by Crippen LogP contribution is 2.44. The van der Waals surface area contributed by atoms with Crippen molar-refractivity contribution in [1.82, 2.24) is 0 Å². The Bertz CT molecular complexity index is 2740. The molecule has 0 spiro atoms. The van der Waals surface area contributed by atoms with Crippen molar-refractivity contribution >= 4 is 71.7 Å². The average molecular weight is 628 g/mol. The molecule has 0 aliphatic carbocycles. The van der Waals surface area contributed by atoms with Crippen LogP contribution in [-0.2, 0) is 0 Å². The number of hydrogen-bond donors (Lipinski definition) is 0. The number of furan rings is 2. The molecule has 8 aromatic carbocycles. The Kier molecular flexibility index (Phi) is 6.18. The summed E-state index contributed by atoms with van der Waals surface area (Å²) in [6.45, 7) is 0. The molecular formula is C46H29NO2. The van der Waals surface area contributed by atoms with Gasteiger partial charge in [0.15, 0.2) is 0 Å². The lowest BCUT2D eigenvalue weighted by Crippen LogP contribution is -2.11. The van der Waals surface area contributed by atoms with E-state index in [1.807, 2.05) is 24.3 Å². The molecule has 49 heavy (non-hydrogen) atoms. The Balaban J connectivity index is 1.18. The molecular weight excluding hydrogens is 599 g/mol. The first-order valence-corrected chi connectivity index (χ1v) is 16.6. The molecule has 0 saturated carbocycles. The molecule has 3 nitrogen and oxygen atoms in total. The number of nitrogens with zero attached hydrogens (tertiary/aromatic N) is 1. The molecule has 0 saturated heterocycles. The van der Waals surface area contributed by atoms with Crippen molar-refractivity contribution in [1.29, 1.82) is 0 Å².